The molecular weight excluding hydrogens is 479 g/mol. The first kappa shape index (κ1) is 22.2. The first-order chi connectivity index (χ1) is 12.6. The summed E-state index contributed by atoms with van der Waals surface area (Å²) in [4.78, 5) is 18.7. The number of likely N-dealkylation sites (tertiary alicyclic amines) is 1. The van der Waals surface area contributed by atoms with Crippen molar-refractivity contribution in [3.8, 4) is 0 Å². The highest BCUT2D eigenvalue weighted by atomic mass is 127. The summed E-state index contributed by atoms with van der Waals surface area (Å²) in [7, 11) is 1.81. The number of aliphatic imine (C=N–C) groups is 1. The van der Waals surface area contributed by atoms with Gasteiger partial charge < -0.3 is 20.3 Å². The summed E-state index contributed by atoms with van der Waals surface area (Å²) in [5, 5.41) is 6.92. The molecule has 3 rings (SSSR count). The topological polar surface area (TPSA) is 66.0 Å². The standard InChI is InChI=1S/C19H27ClN4O2.HI/c1-21-18(24-11-8-19(13-24)9-12-26-14-19)22-10-2-3-17(25)23-16-6-4-15(20)5-7-16;/h4-7H,2-3,8-14H2,1H3,(H,21,22)(H,23,25);1H. The molecule has 150 valence electrons. The minimum absolute atomic E-state index is 0. The van der Waals surface area contributed by atoms with Crippen LogP contribution in [0.1, 0.15) is 25.7 Å². The first-order valence-corrected chi connectivity index (χ1v) is 9.57. The predicted molar refractivity (Wildman–Crippen MR) is 120 cm³/mol. The fourth-order valence-electron chi connectivity index (χ4n) is 3.63. The number of benzene rings is 1. The molecular formula is C19H28ClIN4O2. The van der Waals surface area contributed by atoms with E-state index in [1.807, 2.05) is 7.05 Å². The van der Waals surface area contributed by atoms with Gasteiger partial charge in [-0.1, -0.05) is 11.6 Å². The third kappa shape index (κ3) is 6.22. The Balaban J connectivity index is 0.00000261. The summed E-state index contributed by atoms with van der Waals surface area (Å²) < 4.78 is 5.59. The number of guanidine groups is 1. The number of hydrogen-bond donors (Lipinski definition) is 2. The zero-order valence-electron chi connectivity index (χ0n) is 15.7. The smallest absolute Gasteiger partial charge is 0.224 e. The van der Waals surface area contributed by atoms with Crippen molar-refractivity contribution in [1.29, 1.82) is 0 Å². The summed E-state index contributed by atoms with van der Waals surface area (Å²) in [6.45, 7) is 4.48. The largest absolute Gasteiger partial charge is 0.381 e. The quantitative estimate of drug-likeness (QED) is 0.278. The number of carbonyl (C=O) groups excluding carboxylic acids is 1. The molecule has 2 fully saturated rings. The van der Waals surface area contributed by atoms with Crippen molar-refractivity contribution in [2.75, 3.05) is 45.2 Å². The Morgan fingerprint density at radius 2 is 2.11 bits per heavy atom. The number of carbonyl (C=O) groups is 1. The summed E-state index contributed by atoms with van der Waals surface area (Å²) in [6.07, 6.45) is 3.52. The van der Waals surface area contributed by atoms with Crippen molar-refractivity contribution in [2.45, 2.75) is 25.7 Å². The number of ether oxygens (including phenoxy) is 1. The lowest BCUT2D eigenvalue weighted by Gasteiger charge is -2.24. The average Bonchev–Trinajstić information content (AvgIpc) is 3.27. The van der Waals surface area contributed by atoms with E-state index in [9.17, 15) is 4.79 Å². The Hall–Kier alpha value is -1.06. The van der Waals surface area contributed by atoms with Gasteiger partial charge in [0.2, 0.25) is 5.91 Å². The van der Waals surface area contributed by atoms with Crippen LogP contribution in [-0.2, 0) is 9.53 Å². The minimum atomic E-state index is 0. The molecule has 1 spiro atoms. The van der Waals surface area contributed by atoms with Crippen LogP contribution in [0.25, 0.3) is 0 Å². The van der Waals surface area contributed by atoms with Gasteiger partial charge in [0.1, 0.15) is 0 Å². The number of nitrogens with zero attached hydrogens (tertiary/aromatic N) is 2. The van der Waals surface area contributed by atoms with E-state index >= 15 is 0 Å². The fraction of sp³-hybridized carbons (Fsp3) is 0.579. The molecule has 1 aromatic carbocycles. The monoisotopic (exact) mass is 506 g/mol. The lowest BCUT2D eigenvalue weighted by molar-refractivity contribution is -0.116. The molecule has 0 bridgehead atoms. The van der Waals surface area contributed by atoms with Crippen LogP contribution < -0.4 is 10.6 Å². The van der Waals surface area contributed by atoms with Crippen molar-refractivity contribution >= 4 is 53.1 Å². The maximum absolute atomic E-state index is 12.0. The summed E-state index contributed by atoms with van der Waals surface area (Å²) in [6, 6.07) is 7.13. The van der Waals surface area contributed by atoms with Crippen LogP contribution in [0.15, 0.2) is 29.3 Å². The molecule has 1 unspecified atom stereocenters. The number of anilines is 1. The molecule has 8 heteroatoms. The normalized spacial score (nSPS) is 22.0. The van der Waals surface area contributed by atoms with E-state index in [1.165, 1.54) is 0 Å². The van der Waals surface area contributed by atoms with E-state index in [4.69, 9.17) is 16.3 Å². The van der Waals surface area contributed by atoms with E-state index < -0.39 is 0 Å². The number of halogens is 2. The Labute approximate surface area is 183 Å². The molecule has 0 saturated carbocycles. The van der Waals surface area contributed by atoms with Crippen LogP contribution in [0.3, 0.4) is 0 Å². The van der Waals surface area contributed by atoms with E-state index in [-0.39, 0.29) is 29.9 Å². The lowest BCUT2D eigenvalue weighted by Crippen LogP contribution is -2.41. The Morgan fingerprint density at radius 1 is 1.33 bits per heavy atom. The molecule has 0 aliphatic carbocycles. The van der Waals surface area contributed by atoms with Crippen molar-refractivity contribution in [1.82, 2.24) is 10.2 Å². The number of amides is 1. The van der Waals surface area contributed by atoms with E-state index in [2.05, 4.69) is 20.5 Å². The zero-order valence-corrected chi connectivity index (χ0v) is 18.8. The summed E-state index contributed by atoms with van der Waals surface area (Å²) in [5.74, 6) is 0.930. The van der Waals surface area contributed by atoms with Crippen LogP contribution in [0.5, 0.6) is 0 Å². The van der Waals surface area contributed by atoms with E-state index in [0.29, 0.717) is 16.9 Å². The zero-order chi connectivity index (χ0) is 18.4. The molecule has 1 amide bonds. The van der Waals surface area contributed by atoms with Gasteiger partial charge in [-0.25, -0.2) is 0 Å². The molecule has 2 saturated heterocycles. The second kappa shape index (κ2) is 10.5. The Kier molecular flexibility index (Phi) is 8.62. The highest BCUT2D eigenvalue weighted by Crippen LogP contribution is 2.38. The van der Waals surface area contributed by atoms with E-state index in [1.54, 1.807) is 24.3 Å². The van der Waals surface area contributed by atoms with Crippen molar-refractivity contribution in [2.24, 2.45) is 10.4 Å². The van der Waals surface area contributed by atoms with Crippen molar-refractivity contribution in [3.63, 3.8) is 0 Å². The predicted octanol–water partition coefficient (Wildman–Crippen LogP) is 3.36. The van der Waals surface area contributed by atoms with Gasteiger partial charge in [-0.2, -0.15) is 0 Å². The third-order valence-electron chi connectivity index (χ3n) is 5.13. The molecule has 1 aromatic rings. The van der Waals surface area contributed by atoms with Crippen LogP contribution in [0.2, 0.25) is 5.02 Å². The average molecular weight is 507 g/mol. The van der Waals surface area contributed by atoms with E-state index in [0.717, 1.165) is 63.8 Å². The van der Waals surface area contributed by atoms with Crippen LogP contribution in [0, 0.1) is 5.41 Å². The SMILES string of the molecule is CN=C(NCCCC(=O)Nc1ccc(Cl)cc1)N1CCC2(CCOC2)C1.I. The van der Waals surface area contributed by atoms with Crippen LogP contribution >= 0.6 is 35.6 Å². The van der Waals surface area contributed by atoms with Crippen LogP contribution in [0.4, 0.5) is 5.69 Å². The maximum Gasteiger partial charge on any atom is 0.224 e. The molecule has 2 heterocycles. The van der Waals surface area contributed by atoms with Crippen molar-refractivity contribution in [3.05, 3.63) is 29.3 Å². The van der Waals surface area contributed by atoms with Gasteiger partial charge in [0.25, 0.3) is 0 Å². The van der Waals surface area contributed by atoms with Gasteiger partial charge in [0.15, 0.2) is 5.96 Å². The number of nitrogens with one attached hydrogen (secondary N) is 2. The molecule has 0 radical (unpaired) electrons. The number of hydrogen-bond acceptors (Lipinski definition) is 3. The first-order valence-electron chi connectivity index (χ1n) is 9.19. The maximum atomic E-state index is 12.0. The molecule has 2 N–H and O–H groups in total. The molecule has 2 aliphatic heterocycles. The minimum Gasteiger partial charge on any atom is -0.381 e. The second-order valence-electron chi connectivity index (χ2n) is 7.11. The Bertz CT molecular complexity index is 648. The molecule has 2 aliphatic rings. The van der Waals surface area contributed by atoms with Gasteiger partial charge in [0, 0.05) is 55.8 Å². The Morgan fingerprint density at radius 3 is 2.78 bits per heavy atom. The molecule has 6 nitrogen and oxygen atoms in total. The fourth-order valence-corrected chi connectivity index (χ4v) is 3.75. The van der Waals surface area contributed by atoms with Crippen molar-refractivity contribution < 1.29 is 9.53 Å². The lowest BCUT2D eigenvalue weighted by atomic mass is 9.87. The molecule has 1 atom stereocenters. The van der Waals surface area contributed by atoms with Crippen LogP contribution in [-0.4, -0.2) is 56.7 Å². The summed E-state index contributed by atoms with van der Waals surface area (Å²) in [5.41, 5.74) is 1.08. The third-order valence-corrected chi connectivity index (χ3v) is 5.38. The molecule has 0 aromatic heterocycles. The van der Waals surface area contributed by atoms with Gasteiger partial charge in [-0.15, -0.1) is 24.0 Å². The highest BCUT2D eigenvalue weighted by Gasteiger charge is 2.42. The number of rotatable bonds is 5. The molecule has 27 heavy (non-hydrogen) atoms. The summed E-state index contributed by atoms with van der Waals surface area (Å²) >= 11 is 5.84. The highest BCUT2D eigenvalue weighted by molar-refractivity contribution is 14.0. The van der Waals surface area contributed by atoms with Gasteiger partial charge in [0.05, 0.1) is 6.61 Å². The van der Waals surface area contributed by atoms with Gasteiger partial charge >= 0.3 is 0 Å². The second-order valence-corrected chi connectivity index (χ2v) is 7.54. The van der Waals surface area contributed by atoms with Gasteiger partial charge in [-0.3, -0.25) is 9.79 Å². The van der Waals surface area contributed by atoms with Gasteiger partial charge in [-0.05, 0) is 43.5 Å².